The Hall–Kier alpha value is -3.95. The van der Waals surface area contributed by atoms with Crippen LogP contribution in [0.3, 0.4) is 0 Å². The van der Waals surface area contributed by atoms with Crippen LogP contribution in [0, 0.1) is 0 Å². The monoisotopic (exact) mass is 526 g/mol. The fourth-order valence-electron chi connectivity index (χ4n) is 5.38. The summed E-state index contributed by atoms with van der Waals surface area (Å²) in [4.78, 5) is 16.1. The largest absolute Gasteiger partial charge is 0.493 e. The summed E-state index contributed by atoms with van der Waals surface area (Å²) in [5.74, 6) is 1.13. The number of fused-ring (bicyclic) bond motifs is 2. The molecule has 2 aliphatic rings. The number of methoxy groups -OCH3 is 2. The number of carbonyl (C=O) groups excluding carboxylic acids is 1. The third-order valence-corrected chi connectivity index (χ3v) is 7.30. The molecule has 1 amide bonds. The maximum atomic E-state index is 13.5. The number of rotatable bonds is 4. The molecule has 38 heavy (non-hydrogen) atoms. The third-order valence-electron chi connectivity index (χ3n) is 7.30. The first-order valence-corrected chi connectivity index (χ1v) is 12.2. The number of aromatic nitrogens is 2. The molecule has 0 fully saturated rings. The Kier molecular flexibility index (Phi) is 6.36. The first kappa shape index (κ1) is 25.7. The quantitative estimate of drug-likeness (QED) is 0.470. The van der Waals surface area contributed by atoms with Crippen LogP contribution in [-0.2, 0) is 37.5 Å². The van der Waals surface area contributed by atoms with E-state index in [-0.39, 0.29) is 24.1 Å². The van der Waals surface area contributed by atoms with Crippen molar-refractivity contribution < 1.29 is 27.4 Å². The molecule has 10 heteroatoms. The fraction of sp³-hybridized carbons (Fsp3) is 0.357. The minimum absolute atomic E-state index is 0.0673. The maximum absolute atomic E-state index is 13.5. The van der Waals surface area contributed by atoms with Crippen LogP contribution in [0.1, 0.15) is 47.5 Å². The average Bonchev–Trinajstić information content (AvgIpc) is 3.40. The molecule has 2 aromatic carbocycles. The summed E-state index contributed by atoms with van der Waals surface area (Å²) in [6.45, 7) is 4.02. The van der Waals surface area contributed by atoms with Gasteiger partial charge in [-0.3, -0.25) is 9.48 Å². The van der Waals surface area contributed by atoms with Crippen LogP contribution < -0.4 is 14.4 Å². The van der Waals surface area contributed by atoms with Gasteiger partial charge in [-0.25, -0.2) is 0 Å². The molecule has 0 saturated carbocycles. The smallest absolute Gasteiger partial charge is 0.435 e. The zero-order valence-corrected chi connectivity index (χ0v) is 21.9. The van der Waals surface area contributed by atoms with Gasteiger partial charge in [-0.2, -0.15) is 18.3 Å². The summed E-state index contributed by atoms with van der Waals surface area (Å²) in [7, 11) is 4.71. The molecule has 0 spiro atoms. The van der Waals surface area contributed by atoms with Crippen LogP contribution in [0.2, 0.25) is 0 Å². The van der Waals surface area contributed by atoms with Crippen molar-refractivity contribution in [1.82, 2.24) is 14.7 Å². The Morgan fingerprint density at radius 2 is 1.71 bits per heavy atom. The second-order valence-corrected chi connectivity index (χ2v) is 9.68. The van der Waals surface area contributed by atoms with E-state index >= 15 is 0 Å². The van der Waals surface area contributed by atoms with Gasteiger partial charge in [0.2, 0.25) is 5.91 Å². The highest BCUT2D eigenvalue weighted by atomic mass is 19.4. The SMILES string of the molecule is COc1cc2c(cc1OC)C(c1ccc(N3Cc4c(C(F)(F)F)nn(C)c4C3)cc1)=CN(C(C)=O)C(C)C2. The Morgan fingerprint density at radius 1 is 1.05 bits per heavy atom. The van der Waals surface area contributed by atoms with Crippen molar-refractivity contribution in [3.8, 4) is 11.5 Å². The van der Waals surface area contributed by atoms with E-state index in [0.29, 0.717) is 30.2 Å². The van der Waals surface area contributed by atoms with Crippen molar-refractivity contribution in [1.29, 1.82) is 0 Å². The van der Waals surface area contributed by atoms with Crippen molar-refractivity contribution >= 4 is 17.2 Å². The highest BCUT2D eigenvalue weighted by Crippen LogP contribution is 2.41. The van der Waals surface area contributed by atoms with Gasteiger partial charge in [0.05, 0.1) is 26.5 Å². The lowest BCUT2D eigenvalue weighted by molar-refractivity contribution is -0.142. The molecule has 0 radical (unpaired) electrons. The summed E-state index contributed by atoms with van der Waals surface area (Å²) in [5.41, 5.74) is 4.44. The lowest BCUT2D eigenvalue weighted by Crippen LogP contribution is -2.33. The predicted molar refractivity (Wildman–Crippen MR) is 137 cm³/mol. The standard InChI is InChI=1S/C28H29F3N4O3/c1-16-10-19-11-25(37-4)26(38-5)12-21(19)22(14-35(16)17(2)36)18-6-8-20(9-7-18)34-13-23-24(15-34)33(3)32-27(23)28(29,30)31/h6-9,11-12,14,16H,10,13,15H2,1-5H3. The molecule has 0 bridgehead atoms. The second kappa shape index (κ2) is 9.41. The summed E-state index contributed by atoms with van der Waals surface area (Å²) in [6.07, 6.45) is -1.99. The van der Waals surface area contributed by atoms with Gasteiger partial charge in [-0.1, -0.05) is 12.1 Å². The number of nitrogens with zero attached hydrogens (tertiary/aromatic N) is 4. The molecule has 5 rings (SSSR count). The van der Waals surface area contributed by atoms with Gasteiger partial charge < -0.3 is 19.3 Å². The minimum Gasteiger partial charge on any atom is -0.493 e. The van der Waals surface area contributed by atoms with Gasteiger partial charge in [0, 0.05) is 49.6 Å². The molecule has 0 N–H and O–H groups in total. The van der Waals surface area contributed by atoms with Crippen molar-refractivity contribution in [2.45, 2.75) is 45.6 Å². The Balaban J connectivity index is 1.52. The lowest BCUT2D eigenvalue weighted by Gasteiger charge is -2.23. The number of hydrogen-bond donors (Lipinski definition) is 0. The predicted octanol–water partition coefficient (Wildman–Crippen LogP) is 5.16. The van der Waals surface area contributed by atoms with E-state index in [2.05, 4.69) is 5.10 Å². The number of amides is 1. The average molecular weight is 527 g/mol. The van der Waals surface area contributed by atoms with E-state index in [1.807, 2.05) is 54.4 Å². The molecule has 3 aromatic rings. The molecule has 0 aliphatic carbocycles. The summed E-state index contributed by atoms with van der Waals surface area (Å²) in [5, 5.41) is 3.70. The van der Waals surface area contributed by atoms with E-state index in [1.54, 1.807) is 33.1 Å². The number of benzene rings is 2. The van der Waals surface area contributed by atoms with Crippen LogP contribution in [0.15, 0.2) is 42.6 Å². The van der Waals surface area contributed by atoms with Crippen LogP contribution in [0.25, 0.3) is 5.57 Å². The molecule has 2 aliphatic heterocycles. The molecular formula is C28H29F3N4O3. The third kappa shape index (κ3) is 4.37. The van der Waals surface area contributed by atoms with Crippen molar-refractivity contribution in [2.24, 2.45) is 7.05 Å². The lowest BCUT2D eigenvalue weighted by atomic mass is 9.92. The fourth-order valence-corrected chi connectivity index (χ4v) is 5.38. The Labute approximate surface area is 219 Å². The van der Waals surface area contributed by atoms with Crippen molar-refractivity contribution in [3.63, 3.8) is 0 Å². The number of alkyl halides is 3. The van der Waals surface area contributed by atoms with Crippen LogP contribution in [-0.4, -0.2) is 40.8 Å². The molecule has 1 atom stereocenters. The first-order chi connectivity index (χ1) is 18.0. The van der Waals surface area contributed by atoms with Gasteiger partial charge >= 0.3 is 6.18 Å². The van der Waals surface area contributed by atoms with Crippen LogP contribution in [0.5, 0.6) is 11.5 Å². The Bertz CT molecular complexity index is 1430. The molecular weight excluding hydrogens is 497 g/mol. The zero-order valence-electron chi connectivity index (χ0n) is 21.9. The number of halogens is 3. The number of hydrogen-bond acceptors (Lipinski definition) is 5. The number of ether oxygens (including phenoxy) is 2. The molecule has 1 unspecified atom stereocenters. The maximum Gasteiger partial charge on any atom is 0.435 e. The van der Waals surface area contributed by atoms with Crippen LogP contribution >= 0.6 is 0 Å². The molecule has 7 nitrogen and oxygen atoms in total. The molecule has 1 aromatic heterocycles. The Morgan fingerprint density at radius 3 is 2.32 bits per heavy atom. The molecule has 3 heterocycles. The van der Waals surface area contributed by atoms with Gasteiger partial charge in [0.15, 0.2) is 17.2 Å². The van der Waals surface area contributed by atoms with Gasteiger partial charge in [0.25, 0.3) is 0 Å². The van der Waals surface area contributed by atoms with E-state index < -0.39 is 11.9 Å². The summed E-state index contributed by atoms with van der Waals surface area (Å²) in [6, 6.07) is 11.5. The molecule has 200 valence electrons. The van der Waals surface area contributed by atoms with E-state index in [9.17, 15) is 18.0 Å². The van der Waals surface area contributed by atoms with E-state index in [4.69, 9.17) is 9.47 Å². The zero-order chi connectivity index (χ0) is 27.4. The summed E-state index contributed by atoms with van der Waals surface area (Å²) >= 11 is 0. The van der Waals surface area contributed by atoms with Gasteiger partial charge in [0.1, 0.15) is 0 Å². The number of carbonyl (C=O) groups is 1. The van der Waals surface area contributed by atoms with Crippen molar-refractivity contribution in [2.75, 3.05) is 19.1 Å². The highest BCUT2D eigenvalue weighted by molar-refractivity contribution is 5.87. The topological polar surface area (TPSA) is 59.8 Å². The van der Waals surface area contributed by atoms with E-state index in [1.165, 1.54) is 4.68 Å². The normalized spacial score (nSPS) is 17.1. The van der Waals surface area contributed by atoms with Gasteiger partial charge in [-0.05, 0) is 54.3 Å². The van der Waals surface area contributed by atoms with Gasteiger partial charge in [-0.15, -0.1) is 0 Å². The number of aryl methyl sites for hydroxylation is 1. The first-order valence-electron chi connectivity index (χ1n) is 12.2. The van der Waals surface area contributed by atoms with Crippen molar-refractivity contribution in [3.05, 3.63) is 76.2 Å². The van der Waals surface area contributed by atoms with E-state index in [0.717, 1.165) is 28.0 Å². The second-order valence-electron chi connectivity index (χ2n) is 9.68. The highest BCUT2D eigenvalue weighted by Gasteiger charge is 2.41. The van der Waals surface area contributed by atoms with Crippen LogP contribution in [0.4, 0.5) is 18.9 Å². The summed E-state index contributed by atoms with van der Waals surface area (Å²) < 4.78 is 52.8. The molecule has 0 saturated heterocycles. The minimum atomic E-state index is -4.49. The number of anilines is 1.